The van der Waals surface area contributed by atoms with Crippen molar-refractivity contribution in [3.63, 3.8) is 0 Å². The summed E-state index contributed by atoms with van der Waals surface area (Å²) >= 11 is 6.22. The summed E-state index contributed by atoms with van der Waals surface area (Å²) in [5, 5.41) is 8.04. The van der Waals surface area contributed by atoms with Crippen LogP contribution < -0.4 is 10.6 Å². The number of anilines is 1. The molecule has 0 amide bonds. The Kier molecular flexibility index (Phi) is 5.05. The summed E-state index contributed by atoms with van der Waals surface area (Å²) in [6.45, 7) is 5.12. The molecule has 5 heteroatoms. The quantitative estimate of drug-likeness (QED) is 0.642. The van der Waals surface area contributed by atoms with Gasteiger partial charge < -0.3 is 10.6 Å². The van der Waals surface area contributed by atoms with Crippen LogP contribution in [0.4, 0.5) is 5.69 Å². The first kappa shape index (κ1) is 14.2. The summed E-state index contributed by atoms with van der Waals surface area (Å²) < 4.78 is 0. The second kappa shape index (κ2) is 6.78. The first-order chi connectivity index (χ1) is 9.16. The molecular weight excluding hydrogens is 260 g/mol. The lowest BCUT2D eigenvalue weighted by Gasteiger charge is -2.36. The molecule has 1 fully saturated rings. The molecule has 1 heterocycles. The smallest absolute Gasteiger partial charge is 0.0905 e. The fourth-order valence-electron chi connectivity index (χ4n) is 2.41. The number of para-hydroxylation sites is 1. The Bertz CT molecular complexity index is 427. The van der Waals surface area contributed by atoms with E-state index in [1.165, 1.54) is 0 Å². The van der Waals surface area contributed by atoms with Crippen LogP contribution in [0.25, 0.3) is 0 Å². The summed E-state index contributed by atoms with van der Waals surface area (Å²) in [7, 11) is 0. The fourth-order valence-corrected chi connectivity index (χ4v) is 2.67. The van der Waals surface area contributed by atoms with Gasteiger partial charge in [0.05, 0.1) is 16.5 Å². The SMILES string of the molecule is N=C(N)CCCN1CCN(c2ccccc2Cl)CC1. The van der Waals surface area contributed by atoms with E-state index in [4.69, 9.17) is 22.7 Å². The van der Waals surface area contributed by atoms with Gasteiger partial charge in [-0.2, -0.15) is 0 Å². The zero-order valence-corrected chi connectivity index (χ0v) is 11.9. The minimum absolute atomic E-state index is 0.287. The third-order valence-electron chi connectivity index (χ3n) is 3.49. The number of rotatable bonds is 5. The van der Waals surface area contributed by atoms with E-state index in [-0.39, 0.29) is 5.84 Å². The van der Waals surface area contributed by atoms with Crippen LogP contribution in [0.1, 0.15) is 12.8 Å². The molecule has 4 nitrogen and oxygen atoms in total. The maximum Gasteiger partial charge on any atom is 0.0905 e. The van der Waals surface area contributed by atoms with Gasteiger partial charge >= 0.3 is 0 Å². The number of hydrogen-bond acceptors (Lipinski definition) is 3. The molecule has 2 rings (SSSR count). The standard InChI is InChI=1S/C14H21ClN4/c15-12-4-1-2-5-13(12)19-10-8-18(9-11-19)7-3-6-14(16)17/h1-2,4-5H,3,6-11H2,(H3,16,17). The van der Waals surface area contributed by atoms with Crippen molar-refractivity contribution in [2.45, 2.75) is 12.8 Å². The highest BCUT2D eigenvalue weighted by Gasteiger charge is 2.18. The van der Waals surface area contributed by atoms with Crippen molar-refractivity contribution in [3.8, 4) is 0 Å². The number of benzene rings is 1. The van der Waals surface area contributed by atoms with Crippen LogP contribution in [-0.2, 0) is 0 Å². The predicted molar refractivity (Wildman–Crippen MR) is 81.3 cm³/mol. The lowest BCUT2D eigenvalue weighted by atomic mass is 10.2. The van der Waals surface area contributed by atoms with E-state index < -0.39 is 0 Å². The summed E-state index contributed by atoms with van der Waals surface area (Å²) in [5.74, 6) is 0.287. The first-order valence-corrected chi connectivity index (χ1v) is 7.09. The predicted octanol–water partition coefficient (Wildman–Crippen LogP) is 2.18. The van der Waals surface area contributed by atoms with Crippen LogP contribution in [0.2, 0.25) is 5.02 Å². The third kappa shape index (κ3) is 4.11. The molecule has 1 saturated heterocycles. The molecule has 0 radical (unpaired) electrons. The van der Waals surface area contributed by atoms with Gasteiger partial charge in [0.25, 0.3) is 0 Å². The van der Waals surface area contributed by atoms with Gasteiger partial charge in [0, 0.05) is 32.6 Å². The zero-order chi connectivity index (χ0) is 13.7. The molecule has 3 N–H and O–H groups in total. The third-order valence-corrected chi connectivity index (χ3v) is 3.81. The van der Waals surface area contributed by atoms with Crippen LogP contribution in [0, 0.1) is 5.41 Å². The van der Waals surface area contributed by atoms with E-state index in [1.807, 2.05) is 18.2 Å². The molecule has 0 saturated carbocycles. The molecule has 1 aromatic rings. The van der Waals surface area contributed by atoms with Crippen LogP contribution in [0.3, 0.4) is 0 Å². The topological polar surface area (TPSA) is 56.4 Å². The minimum Gasteiger partial charge on any atom is -0.388 e. The normalized spacial score (nSPS) is 16.6. The average Bonchev–Trinajstić information content (AvgIpc) is 2.40. The van der Waals surface area contributed by atoms with Crippen molar-refractivity contribution in [1.29, 1.82) is 5.41 Å². The molecule has 1 aliphatic rings. The van der Waals surface area contributed by atoms with Gasteiger partial charge in [0.15, 0.2) is 0 Å². The highest BCUT2D eigenvalue weighted by molar-refractivity contribution is 6.33. The van der Waals surface area contributed by atoms with Gasteiger partial charge in [-0.05, 0) is 25.1 Å². The van der Waals surface area contributed by atoms with E-state index >= 15 is 0 Å². The van der Waals surface area contributed by atoms with Gasteiger partial charge in [0.1, 0.15) is 0 Å². The molecule has 0 aliphatic carbocycles. The van der Waals surface area contributed by atoms with E-state index in [9.17, 15) is 0 Å². The summed E-state index contributed by atoms with van der Waals surface area (Å²) in [6, 6.07) is 8.01. The fraction of sp³-hybridized carbons (Fsp3) is 0.500. The number of amidine groups is 1. The number of hydrogen-bond donors (Lipinski definition) is 2. The molecule has 19 heavy (non-hydrogen) atoms. The maximum absolute atomic E-state index is 7.22. The van der Waals surface area contributed by atoms with Gasteiger partial charge in [-0.15, -0.1) is 0 Å². The summed E-state index contributed by atoms with van der Waals surface area (Å²) in [4.78, 5) is 4.76. The largest absolute Gasteiger partial charge is 0.388 e. The van der Waals surface area contributed by atoms with Crippen LogP contribution >= 0.6 is 11.6 Å². The molecule has 0 bridgehead atoms. The number of nitrogens with one attached hydrogen (secondary N) is 1. The summed E-state index contributed by atoms with van der Waals surface area (Å²) in [5.41, 5.74) is 6.50. The van der Waals surface area contributed by atoms with Crippen molar-refractivity contribution >= 4 is 23.1 Å². The van der Waals surface area contributed by atoms with E-state index in [2.05, 4.69) is 15.9 Å². The molecule has 0 atom stereocenters. The second-order valence-electron chi connectivity index (χ2n) is 4.91. The van der Waals surface area contributed by atoms with Crippen molar-refractivity contribution in [2.24, 2.45) is 5.73 Å². The molecular formula is C14H21ClN4. The lowest BCUT2D eigenvalue weighted by Crippen LogP contribution is -2.46. The van der Waals surface area contributed by atoms with Crippen molar-refractivity contribution in [2.75, 3.05) is 37.6 Å². The minimum atomic E-state index is 0.287. The van der Waals surface area contributed by atoms with E-state index in [0.29, 0.717) is 6.42 Å². The summed E-state index contributed by atoms with van der Waals surface area (Å²) in [6.07, 6.45) is 1.67. The highest BCUT2D eigenvalue weighted by Crippen LogP contribution is 2.25. The second-order valence-corrected chi connectivity index (χ2v) is 5.32. The van der Waals surface area contributed by atoms with Gasteiger partial charge in [-0.1, -0.05) is 23.7 Å². The molecule has 0 unspecified atom stereocenters. The molecule has 104 valence electrons. The number of nitrogens with two attached hydrogens (primary N) is 1. The van der Waals surface area contributed by atoms with Crippen LogP contribution in [0.5, 0.6) is 0 Å². The van der Waals surface area contributed by atoms with Gasteiger partial charge in [-0.25, -0.2) is 0 Å². The van der Waals surface area contributed by atoms with Crippen LogP contribution in [-0.4, -0.2) is 43.5 Å². The Hall–Kier alpha value is -1.26. The van der Waals surface area contributed by atoms with Gasteiger partial charge in [-0.3, -0.25) is 10.3 Å². The molecule has 1 aliphatic heterocycles. The monoisotopic (exact) mass is 280 g/mol. The number of piperazine rings is 1. The number of nitrogens with zero attached hydrogens (tertiary/aromatic N) is 2. The lowest BCUT2D eigenvalue weighted by molar-refractivity contribution is 0.256. The molecule has 0 aromatic heterocycles. The van der Waals surface area contributed by atoms with E-state index in [0.717, 1.165) is 49.9 Å². The molecule has 1 aromatic carbocycles. The Labute approximate surface area is 119 Å². The Morgan fingerprint density at radius 3 is 2.53 bits per heavy atom. The Balaban J connectivity index is 1.79. The van der Waals surface area contributed by atoms with Gasteiger partial charge in [0.2, 0.25) is 0 Å². The first-order valence-electron chi connectivity index (χ1n) is 6.71. The average molecular weight is 281 g/mol. The maximum atomic E-state index is 7.22. The van der Waals surface area contributed by atoms with Crippen molar-refractivity contribution in [3.05, 3.63) is 29.3 Å². The molecule has 0 spiro atoms. The number of halogens is 1. The van der Waals surface area contributed by atoms with Crippen LogP contribution in [0.15, 0.2) is 24.3 Å². The Morgan fingerprint density at radius 1 is 1.21 bits per heavy atom. The van der Waals surface area contributed by atoms with E-state index in [1.54, 1.807) is 0 Å². The van der Waals surface area contributed by atoms with Crippen molar-refractivity contribution in [1.82, 2.24) is 4.90 Å². The van der Waals surface area contributed by atoms with Crippen molar-refractivity contribution < 1.29 is 0 Å². The zero-order valence-electron chi connectivity index (χ0n) is 11.1. The highest BCUT2D eigenvalue weighted by atomic mass is 35.5. The Morgan fingerprint density at radius 2 is 1.89 bits per heavy atom.